The number of hydrogen-bond acceptors (Lipinski definition) is 3. The quantitative estimate of drug-likeness (QED) is 0.643. The van der Waals surface area contributed by atoms with Gasteiger partial charge in [-0.2, -0.15) is 0 Å². The Kier molecular flexibility index (Phi) is 4.41. The van der Waals surface area contributed by atoms with Gasteiger partial charge in [0, 0.05) is 0 Å². The van der Waals surface area contributed by atoms with Crippen molar-refractivity contribution in [2.24, 2.45) is 5.73 Å². The SMILES string of the molecule is CC(O)[C@@H](N)c1cc(I)c(O)c(I)c1. The second-order valence-electron chi connectivity index (χ2n) is 3.10. The van der Waals surface area contributed by atoms with Crippen LogP contribution < -0.4 is 5.73 Å². The molecule has 0 aliphatic carbocycles. The fourth-order valence-electron chi connectivity index (χ4n) is 1.06. The van der Waals surface area contributed by atoms with E-state index in [9.17, 15) is 10.2 Å². The summed E-state index contributed by atoms with van der Waals surface area (Å²) in [5.74, 6) is 0.271. The minimum Gasteiger partial charge on any atom is -0.506 e. The van der Waals surface area contributed by atoms with E-state index in [4.69, 9.17) is 5.73 Å². The van der Waals surface area contributed by atoms with Gasteiger partial charge < -0.3 is 15.9 Å². The van der Waals surface area contributed by atoms with E-state index in [2.05, 4.69) is 0 Å². The van der Waals surface area contributed by atoms with Gasteiger partial charge in [0.25, 0.3) is 0 Å². The molecule has 0 amide bonds. The Morgan fingerprint density at radius 3 is 2.07 bits per heavy atom. The van der Waals surface area contributed by atoms with Gasteiger partial charge in [0.15, 0.2) is 0 Å². The molecule has 0 spiro atoms. The predicted molar refractivity (Wildman–Crippen MR) is 72.1 cm³/mol. The molecule has 0 aliphatic heterocycles. The van der Waals surface area contributed by atoms with Crippen molar-refractivity contribution in [3.05, 3.63) is 24.8 Å². The highest BCUT2D eigenvalue weighted by Gasteiger charge is 2.15. The van der Waals surface area contributed by atoms with Crippen LogP contribution in [0.5, 0.6) is 5.75 Å². The molecule has 78 valence electrons. The van der Waals surface area contributed by atoms with E-state index in [1.54, 1.807) is 19.1 Å². The monoisotopic (exact) mass is 419 g/mol. The van der Waals surface area contributed by atoms with Gasteiger partial charge in [-0.05, 0) is 69.8 Å². The molecular formula is C9H11I2NO2. The molecule has 0 aromatic heterocycles. The van der Waals surface area contributed by atoms with Crippen molar-refractivity contribution in [2.75, 3.05) is 0 Å². The van der Waals surface area contributed by atoms with Crippen molar-refractivity contribution in [2.45, 2.75) is 19.1 Å². The van der Waals surface area contributed by atoms with Crippen LogP contribution in [-0.4, -0.2) is 16.3 Å². The zero-order chi connectivity index (χ0) is 10.9. The van der Waals surface area contributed by atoms with Crippen LogP contribution in [0.3, 0.4) is 0 Å². The molecule has 0 radical (unpaired) electrons. The molecule has 0 fully saturated rings. The topological polar surface area (TPSA) is 66.5 Å². The highest BCUT2D eigenvalue weighted by molar-refractivity contribution is 14.1. The number of aliphatic hydroxyl groups is 1. The largest absolute Gasteiger partial charge is 0.506 e. The van der Waals surface area contributed by atoms with Crippen molar-refractivity contribution < 1.29 is 10.2 Å². The first-order valence-electron chi connectivity index (χ1n) is 4.05. The van der Waals surface area contributed by atoms with Gasteiger partial charge in [0.05, 0.1) is 19.3 Å². The molecule has 3 nitrogen and oxygen atoms in total. The van der Waals surface area contributed by atoms with Crippen molar-refractivity contribution in [1.82, 2.24) is 0 Å². The van der Waals surface area contributed by atoms with E-state index in [1.165, 1.54) is 0 Å². The maximum Gasteiger partial charge on any atom is 0.142 e. The van der Waals surface area contributed by atoms with E-state index >= 15 is 0 Å². The van der Waals surface area contributed by atoms with Crippen LogP contribution in [0.15, 0.2) is 12.1 Å². The van der Waals surface area contributed by atoms with Crippen LogP contribution in [-0.2, 0) is 0 Å². The Hall–Kier alpha value is 0.400. The first-order chi connectivity index (χ1) is 6.43. The zero-order valence-corrected chi connectivity index (χ0v) is 11.9. The Bertz CT molecular complexity index is 319. The molecule has 14 heavy (non-hydrogen) atoms. The van der Waals surface area contributed by atoms with Gasteiger partial charge in [-0.3, -0.25) is 0 Å². The highest BCUT2D eigenvalue weighted by atomic mass is 127. The number of halogens is 2. The average molecular weight is 419 g/mol. The molecule has 0 aliphatic rings. The van der Waals surface area contributed by atoms with Crippen molar-refractivity contribution >= 4 is 45.2 Å². The van der Waals surface area contributed by atoms with E-state index in [1.807, 2.05) is 45.2 Å². The summed E-state index contributed by atoms with van der Waals surface area (Å²) in [6, 6.07) is 3.17. The van der Waals surface area contributed by atoms with E-state index < -0.39 is 12.1 Å². The van der Waals surface area contributed by atoms with Gasteiger partial charge in [-0.15, -0.1) is 0 Å². The minimum atomic E-state index is -0.592. The third-order valence-corrected chi connectivity index (χ3v) is 3.59. The summed E-state index contributed by atoms with van der Waals surface area (Å²) < 4.78 is 1.50. The van der Waals surface area contributed by atoms with Crippen LogP contribution in [0.4, 0.5) is 0 Å². The number of benzene rings is 1. The number of rotatable bonds is 2. The van der Waals surface area contributed by atoms with Crippen molar-refractivity contribution in [1.29, 1.82) is 0 Å². The first-order valence-corrected chi connectivity index (χ1v) is 6.20. The fraction of sp³-hybridized carbons (Fsp3) is 0.333. The van der Waals surface area contributed by atoms with Crippen LogP contribution in [0.2, 0.25) is 0 Å². The normalized spacial score (nSPS) is 15.2. The lowest BCUT2D eigenvalue weighted by Gasteiger charge is -2.16. The molecule has 1 rings (SSSR count). The van der Waals surface area contributed by atoms with Crippen molar-refractivity contribution in [3.63, 3.8) is 0 Å². The Morgan fingerprint density at radius 1 is 1.29 bits per heavy atom. The summed E-state index contributed by atoms with van der Waals surface area (Å²) >= 11 is 4.08. The molecule has 0 saturated heterocycles. The van der Waals surface area contributed by atoms with Crippen LogP contribution in [0, 0.1) is 7.14 Å². The lowest BCUT2D eigenvalue weighted by atomic mass is 10.0. The molecule has 4 N–H and O–H groups in total. The Balaban J connectivity index is 3.12. The summed E-state index contributed by atoms with van der Waals surface area (Å²) in [6.07, 6.45) is -0.592. The zero-order valence-electron chi connectivity index (χ0n) is 7.54. The number of hydrogen-bond donors (Lipinski definition) is 3. The lowest BCUT2D eigenvalue weighted by Crippen LogP contribution is -2.23. The average Bonchev–Trinajstić information content (AvgIpc) is 2.12. The third kappa shape index (κ3) is 2.71. The van der Waals surface area contributed by atoms with Crippen LogP contribution in [0.1, 0.15) is 18.5 Å². The standard InChI is InChI=1S/C9H11I2NO2/c1-4(13)8(12)5-2-6(10)9(14)7(11)3-5/h2-4,8,13-14H,12H2,1H3/t4?,8-/m1/s1. The fourth-order valence-corrected chi connectivity index (χ4v) is 2.87. The number of nitrogens with two attached hydrogens (primary N) is 1. The summed E-state index contributed by atoms with van der Waals surface area (Å²) in [7, 11) is 0. The van der Waals surface area contributed by atoms with E-state index in [0.29, 0.717) is 0 Å². The minimum absolute atomic E-state index is 0.271. The lowest BCUT2D eigenvalue weighted by molar-refractivity contribution is 0.164. The molecule has 1 unspecified atom stereocenters. The smallest absolute Gasteiger partial charge is 0.142 e. The maximum atomic E-state index is 9.53. The van der Waals surface area contributed by atoms with E-state index in [0.717, 1.165) is 12.7 Å². The second-order valence-corrected chi connectivity index (χ2v) is 5.42. The molecule has 0 bridgehead atoms. The summed E-state index contributed by atoms with van der Waals surface area (Å²) in [5.41, 5.74) is 6.63. The Morgan fingerprint density at radius 2 is 1.71 bits per heavy atom. The number of phenolic OH excluding ortho intramolecular Hbond substituents is 1. The number of aromatic hydroxyl groups is 1. The predicted octanol–water partition coefficient (Wildman–Crippen LogP) is 1.98. The first kappa shape index (κ1) is 12.5. The highest BCUT2D eigenvalue weighted by Crippen LogP contribution is 2.29. The molecule has 2 atom stereocenters. The van der Waals surface area contributed by atoms with Gasteiger partial charge in [-0.25, -0.2) is 0 Å². The van der Waals surface area contributed by atoms with Gasteiger partial charge in [-0.1, -0.05) is 0 Å². The molecule has 5 heteroatoms. The van der Waals surface area contributed by atoms with Gasteiger partial charge in [0.2, 0.25) is 0 Å². The summed E-state index contributed by atoms with van der Waals surface area (Å²) in [6.45, 7) is 1.65. The Labute approximate surface area is 110 Å². The molecular weight excluding hydrogens is 408 g/mol. The number of phenols is 1. The molecule has 1 aromatic carbocycles. The van der Waals surface area contributed by atoms with Gasteiger partial charge >= 0.3 is 0 Å². The second kappa shape index (κ2) is 4.95. The summed E-state index contributed by atoms with van der Waals surface area (Å²) in [5, 5.41) is 18.9. The van der Waals surface area contributed by atoms with Crippen LogP contribution >= 0.6 is 45.2 Å². The van der Waals surface area contributed by atoms with Crippen LogP contribution in [0.25, 0.3) is 0 Å². The van der Waals surface area contributed by atoms with Gasteiger partial charge in [0.1, 0.15) is 5.75 Å². The van der Waals surface area contributed by atoms with E-state index in [-0.39, 0.29) is 5.75 Å². The molecule has 0 saturated carbocycles. The molecule has 1 aromatic rings. The molecule has 0 heterocycles. The summed E-state index contributed by atoms with van der Waals surface area (Å²) in [4.78, 5) is 0. The third-order valence-electron chi connectivity index (χ3n) is 1.94. The maximum absolute atomic E-state index is 9.53. The van der Waals surface area contributed by atoms with Crippen molar-refractivity contribution in [3.8, 4) is 5.75 Å². The number of aliphatic hydroxyl groups excluding tert-OH is 1.